The first-order valence-corrected chi connectivity index (χ1v) is 9.64. The third kappa shape index (κ3) is 6.40. The largest absolute Gasteiger partial charge is 0.465 e. The molecule has 1 amide bonds. The van der Waals surface area contributed by atoms with Crippen molar-refractivity contribution in [1.29, 1.82) is 0 Å². The first-order chi connectivity index (χ1) is 14.5. The number of carbonyl (C=O) groups is 1. The molecule has 1 aromatic carbocycles. The normalized spacial score (nSPS) is 10.5. The van der Waals surface area contributed by atoms with Gasteiger partial charge in [-0.2, -0.15) is 4.98 Å². The van der Waals surface area contributed by atoms with Gasteiger partial charge >= 0.3 is 6.09 Å². The van der Waals surface area contributed by atoms with E-state index in [1.807, 2.05) is 24.3 Å². The molecule has 0 bridgehead atoms. The molecule has 9 heteroatoms. The fourth-order valence-electron chi connectivity index (χ4n) is 2.70. The number of anilines is 1. The number of rotatable bonds is 9. The Hall–Kier alpha value is -3.75. The summed E-state index contributed by atoms with van der Waals surface area (Å²) in [5.74, 6) is 2.23. The molecule has 0 spiro atoms. The Balaban J connectivity index is 1.59. The number of hydrogen-bond acceptors (Lipinski definition) is 7. The van der Waals surface area contributed by atoms with E-state index in [2.05, 4.69) is 37.5 Å². The van der Waals surface area contributed by atoms with E-state index in [9.17, 15) is 4.79 Å². The van der Waals surface area contributed by atoms with Crippen molar-refractivity contribution in [3.63, 3.8) is 0 Å². The van der Waals surface area contributed by atoms with E-state index in [-0.39, 0.29) is 0 Å². The molecule has 156 valence electrons. The standard InChI is InChI=1S/C21H24N6O3/c1-3-15-11-23-20(24-12-15)25-13-17-10-19(27-14(2)26-17)30-18-6-4-16(5-7-18)8-9-22-21(28)29/h4-7,10-12,22H,3,8-9,13H2,1-2H3,(H,28,29)(H,23,24,25). The van der Waals surface area contributed by atoms with Crippen LogP contribution in [0.5, 0.6) is 11.6 Å². The van der Waals surface area contributed by atoms with Crippen molar-refractivity contribution in [3.8, 4) is 11.6 Å². The van der Waals surface area contributed by atoms with Crippen molar-refractivity contribution >= 4 is 12.0 Å². The highest BCUT2D eigenvalue weighted by molar-refractivity contribution is 5.64. The van der Waals surface area contributed by atoms with Crippen LogP contribution in [0.3, 0.4) is 0 Å². The second kappa shape index (κ2) is 10.1. The van der Waals surface area contributed by atoms with E-state index >= 15 is 0 Å². The molecular weight excluding hydrogens is 384 g/mol. The molecule has 2 aromatic heterocycles. The summed E-state index contributed by atoms with van der Waals surface area (Å²) in [4.78, 5) is 27.8. The molecule has 0 aliphatic carbocycles. The topological polar surface area (TPSA) is 122 Å². The number of aryl methyl sites for hydroxylation is 2. The van der Waals surface area contributed by atoms with Gasteiger partial charge in [-0.1, -0.05) is 19.1 Å². The molecule has 0 aliphatic heterocycles. The van der Waals surface area contributed by atoms with Crippen molar-refractivity contribution in [3.05, 3.63) is 65.4 Å². The third-order valence-corrected chi connectivity index (χ3v) is 4.24. The highest BCUT2D eigenvalue weighted by atomic mass is 16.5. The SMILES string of the molecule is CCc1cnc(NCc2cc(Oc3ccc(CCNC(=O)O)cc3)nc(C)n2)nc1. The molecular formula is C21H24N6O3. The molecule has 2 heterocycles. The lowest BCUT2D eigenvalue weighted by atomic mass is 10.1. The molecule has 9 nitrogen and oxygen atoms in total. The van der Waals surface area contributed by atoms with Gasteiger partial charge in [0.05, 0.1) is 12.2 Å². The molecule has 0 atom stereocenters. The lowest BCUT2D eigenvalue weighted by molar-refractivity contribution is 0.194. The van der Waals surface area contributed by atoms with Crippen molar-refractivity contribution in [1.82, 2.24) is 25.3 Å². The predicted molar refractivity (Wildman–Crippen MR) is 112 cm³/mol. The van der Waals surface area contributed by atoms with Gasteiger partial charge in [-0.05, 0) is 43.0 Å². The quantitative estimate of drug-likeness (QED) is 0.493. The van der Waals surface area contributed by atoms with E-state index in [4.69, 9.17) is 9.84 Å². The van der Waals surface area contributed by atoms with Gasteiger partial charge in [0.15, 0.2) is 0 Å². The van der Waals surface area contributed by atoms with Crippen LogP contribution in [-0.4, -0.2) is 37.7 Å². The minimum Gasteiger partial charge on any atom is -0.465 e. The molecule has 0 fully saturated rings. The van der Waals surface area contributed by atoms with E-state index in [0.29, 0.717) is 42.9 Å². The number of amides is 1. The highest BCUT2D eigenvalue weighted by Crippen LogP contribution is 2.21. The first-order valence-electron chi connectivity index (χ1n) is 9.64. The summed E-state index contributed by atoms with van der Waals surface area (Å²) in [7, 11) is 0. The fourth-order valence-corrected chi connectivity index (χ4v) is 2.70. The van der Waals surface area contributed by atoms with Crippen molar-refractivity contribution in [2.45, 2.75) is 33.2 Å². The monoisotopic (exact) mass is 408 g/mol. The Labute approximate surface area is 174 Å². The van der Waals surface area contributed by atoms with Crippen LogP contribution >= 0.6 is 0 Å². The number of hydrogen-bond donors (Lipinski definition) is 3. The van der Waals surface area contributed by atoms with Gasteiger partial charge in [0.2, 0.25) is 11.8 Å². The Morgan fingerprint density at radius 1 is 1.10 bits per heavy atom. The Bertz CT molecular complexity index is 977. The van der Waals surface area contributed by atoms with E-state index in [0.717, 1.165) is 23.2 Å². The molecule has 3 rings (SSSR count). The van der Waals surface area contributed by atoms with Crippen LogP contribution in [0.2, 0.25) is 0 Å². The zero-order valence-corrected chi connectivity index (χ0v) is 16.9. The summed E-state index contributed by atoms with van der Waals surface area (Å²) < 4.78 is 5.86. The van der Waals surface area contributed by atoms with Gasteiger partial charge in [0.1, 0.15) is 11.6 Å². The minimum absolute atomic E-state index is 0.363. The molecule has 3 N–H and O–H groups in total. The summed E-state index contributed by atoms with van der Waals surface area (Å²) in [6, 6.07) is 9.22. The number of carboxylic acid groups (broad SMARTS) is 1. The van der Waals surface area contributed by atoms with E-state index in [1.165, 1.54) is 0 Å². The van der Waals surface area contributed by atoms with Crippen LogP contribution in [0, 0.1) is 6.92 Å². The summed E-state index contributed by atoms with van der Waals surface area (Å²) in [6.07, 6.45) is 4.08. The Morgan fingerprint density at radius 3 is 2.50 bits per heavy atom. The molecule has 0 radical (unpaired) electrons. The number of nitrogens with one attached hydrogen (secondary N) is 2. The second-order valence-electron chi connectivity index (χ2n) is 6.59. The van der Waals surface area contributed by atoms with Gasteiger partial charge in [-0.3, -0.25) is 0 Å². The average Bonchev–Trinajstić information content (AvgIpc) is 2.73. The van der Waals surface area contributed by atoms with E-state index < -0.39 is 6.09 Å². The van der Waals surface area contributed by atoms with Crippen molar-refractivity contribution in [2.24, 2.45) is 0 Å². The van der Waals surface area contributed by atoms with Crippen molar-refractivity contribution < 1.29 is 14.6 Å². The summed E-state index contributed by atoms with van der Waals surface area (Å²) >= 11 is 0. The Morgan fingerprint density at radius 2 is 1.83 bits per heavy atom. The number of benzene rings is 1. The van der Waals surface area contributed by atoms with Gasteiger partial charge in [-0.25, -0.2) is 19.7 Å². The van der Waals surface area contributed by atoms with Crippen LogP contribution in [0.15, 0.2) is 42.7 Å². The number of nitrogens with zero attached hydrogens (tertiary/aromatic N) is 4. The zero-order valence-electron chi connectivity index (χ0n) is 16.9. The second-order valence-corrected chi connectivity index (χ2v) is 6.59. The maximum atomic E-state index is 10.5. The van der Waals surface area contributed by atoms with Crippen LogP contribution < -0.4 is 15.4 Å². The van der Waals surface area contributed by atoms with Crippen LogP contribution in [0.1, 0.15) is 29.6 Å². The highest BCUT2D eigenvalue weighted by Gasteiger charge is 2.06. The number of ether oxygens (including phenoxy) is 1. The summed E-state index contributed by atoms with van der Waals surface area (Å²) in [5.41, 5.74) is 2.85. The van der Waals surface area contributed by atoms with Crippen LogP contribution in [0.25, 0.3) is 0 Å². The Kier molecular flexibility index (Phi) is 7.09. The molecule has 0 unspecified atom stereocenters. The summed E-state index contributed by atoms with van der Waals surface area (Å²) in [6.45, 7) is 4.67. The molecule has 0 aliphatic rings. The minimum atomic E-state index is -1.02. The predicted octanol–water partition coefficient (Wildman–Crippen LogP) is 3.35. The lowest BCUT2D eigenvalue weighted by Gasteiger charge is -2.09. The van der Waals surface area contributed by atoms with Gasteiger partial charge < -0.3 is 20.5 Å². The summed E-state index contributed by atoms with van der Waals surface area (Å²) in [5, 5.41) is 14.1. The average molecular weight is 408 g/mol. The lowest BCUT2D eigenvalue weighted by Crippen LogP contribution is -2.23. The van der Waals surface area contributed by atoms with Crippen molar-refractivity contribution in [2.75, 3.05) is 11.9 Å². The third-order valence-electron chi connectivity index (χ3n) is 4.24. The number of aromatic nitrogens is 4. The fraction of sp³-hybridized carbons (Fsp3) is 0.286. The molecule has 0 saturated carbocycles. The maximum Gasteiger partial charge on any atom is 0.404 e. The molecule has 30 heavy (non-hydrogen) atoms. The molecule has 3 aromatic rings. The van der Waals surface area contributed by atoms with E-state index in [1.54, 1.807) is 25.4 Å². The van der Waals surface area contributed by atoms with Gasteiger partial charge in [0, 0.05) is 25.0 Å². The van der Waals surface area contributed by atoms with Crippen LogP contribution in [0.4, 0.5) is 10.7 Å². The smallest absolute Gasteiger partial charge is 0.404 e. The van der Waals surface area contributed by atoms with Gasteiger partial charge in [-0.15, -0.1) is 0 Å². The first kappa shape index (κ1) is 21.0. The van der Waals surface area contributed by atoms with Gasteiger partial charge in [0.25, 0.3) is 0 Å². The molecule has 0 saturated heterocycles. The van der Waals surface area contributed by atoms with Crippen LogP contribution in [-0.2, 0) is 19.4 Å². The zero-order chi connectivity index (χ0) is 21.3. The maximum absolute atomic E-state index is 10.5.